The zero-order valence-corrected chi connectivity index (χ0v) is 38.9. The summed E-state index contributed by atoms with van der Waals surface area (Å²) in [6.07, 6.45) is 33.9. The molecule has 0 aromatic rings. The first-order valence-corrected chi connectivity index (χ1v) is 25.9. The van der Waals surface area contributed by atoms with Crippen LogP contribution in [0.1, 0.15) is 226 Å². The Kier molecular flexibility index (Phi) is 36.3. The fourth-order valence-electron chi connectivity index (χ4n) is 7.98. The Morgan fingerprint density at radius 2 is 1.05 bits per heavy atom. The number of unbranched alkanes of at least 4 members (excludes halogenated alkanes) is 30. The van der Waals surface area contributed by atoms with Gasteiger partial charge in [0.25, 0.3) is 0 Å². The Balaban J connectivity index is 2.47. The number of carbonyl (C=O) groups excluding carboxylic acids is 1. The lowest BCUT2D eigenvalue weighted by Gasteiger charge is -2.41. The van der Waals surface area contributed by atoms with Crippen molar-refractivity contribution in [1.82, 2.24) is 5.32 Å². The van der Waals surface area contributed by atoms with E-state index in [1.807, 2.05) is 6.08 Å². The number of rotatable bonds is 42. The molecule has 0 radical (unpaired) electrons. The van der Waals surface area contributed by atoms with Crippen molar-refractivity contribution >= 4 is 16.3 Å². The summed E-state index contributed by atoms with van der Waals surface area (Å²) in [5.74, 6) is -0.260. The largest absolute Gasteiger partial charge is 0.397 e. The summed E-state index contributed by atoms with van der Waals surface area (Å²) in [6, 6.07) is -0.938. The lowest BCUT2D eigenvalue weighted by molar-refractivity contribution is -0.298. The maximum Gasteiger partial charge on any atom is 0.397 e. The van der Waals surface area contributed by atoms with E-state index in [9.17, 15) is 38.2 Å². The van der Waals surface area contributed by atoms with E-state index in [0.717, 1.165) is 38.5 Å². The summed E-state index contributed by atoms with van der Waals surface area (Å²) in [6.45, 7) is 3.40. The molecule has 0 spiro atoms. The molecule has 0 saturated carbocycles. The van der Waals surface area contributed by atoms with Crippen LogP contribution >= 0.6 is 0 Å². The molecule has 1 saturated heterocycles. The second kappa shape index (κ2) is 38.3. The van der Waals surface area contributed by atoms with Gasteiger partial charge in [0.05, 0.1) is 25.4 Å². The molecule has 0 aliphatic carbocycles. The van der Waals surface area contributed by atoms with Gasteiger partial charge in [-0.25, -0.2) is 4.18 Å². The van der Waals surface area contributed by atoms with Crippen molar-refractivity contribution in [2.75, 3.05) is 13.2 Å². The number of aliphatic hydroxyl groups excluding tert-OH is 4. The van der Waals surface area contributed by atoms with Crippen molar-refractivity contribution in [2.45, 2.75) is 269 Å². The highest BCUT2D eigenvalue weighted by atomic mass is 32.3. The zero-order chi connectivity index (χ0) is 44.1. The molecule has 356 valence electrons. The standard InChI is InChI=1S/C47H91NO11S/c1-3-5-7-9-11-13-15-17-18-19-20-21-22-23-25-26-28-30-32-34-36-41(50)40(39-57-47-45(53)46(59-60(54,55)56)44(52)42(38-49)58-47)48-43(51)37-35-33-31-29-27-24-16-14-12-10-8-6-4-2/h34,36,40-42,44-47,49-50,52-53H,3-33,35,37-39H2,1-2H3,(H,48,51)(H,54,55,56)/b36-34+. The molecule has 1 aliphatic heterocycles. The number of aliphatic hydroxyl groups is 4. The van der Waals surface area contributed by atoms with Crippen LogP contribution in [0.2, 0.25) is 0 Å². The van der Waals surface area contributed by atoms with E-state index >= 15 is 0 Å². The molecule has 12 nitrogen and oxygen atoms in total. The van der Waals surface area contributed by atoms with E-state index in [-0.39, 0.29) is 18.9 Å². The van der Waals surface area contributed by atoms with Gasteiger partial charge in [0.15, 0.2) is 6.29 Å². The molecular formula is C47H91NO11S. The monoisotopic (exact) mass is 878 g/mol. The minimum Gasteiger partial charge on any atom is -0.394 e. The molecule has 60 heavy (non-hydrogen) atoms. The molecular weight excluding hydrogens is 787 g/mol. The molecule has 13 heteroatoms. The smallest absolute Gasteiger partial charge is 0.394 e. The molecule has 0 aromatic carbocycles. The highest BCUT2D eigenvalue weighted by Gasteiger charge is 2.48. The minimum atomic E-state index is -5.08. The van der Waals surface area contributed by atoms with Gasteiger partial charge in [-0.05, 0) is 19.3 Å². The number of allylic oxidation sites excluding steroid dienone is 1. The summed E-state index contributed by atoms with van der Waals surface area (Å²) >= 11 is 0. The Labute approximate surface area is 366 Å². The Morgan fingerprint density at radius 3 is 1.45 bits per heavy atom. The lowest BCUT2D eigenvalue weighted by atomic mass is 9.99. The topological polar surface area (TPSA) is 192 Å². The molecule has 1 fully saturated rings. The molecule has 0 bridgehead atoms. The zero-order valence-electron chi connectivity index (χ0n) is 38.0. The van der Waals surface area contributed by atoms with Crippen molar-refractivity contribution in [3.8, 4) is 0 Å². The third kappa shape index (κ3) is 30.8. The van der Waals surface area contributed by atoms with E-state index in [1.54, 1.807) is 6.08 Å². The van der Waals surface area contributed by atoms with Crippen molar-refractivity contribution < 1.29 is 51.8 Å². The molecule has 1 aliphatic rings. The normalized spacial score (nSPS) is 20.8. The van der Waals surface area contributed by atoms with Crippen molar-refractivity contribution in [3.63, 3.8) is 0 Å². The van der Waals surface area contributed by atoms with Crippen LogP contribution in [-0.4, -0.2) is 95.4 Å². The molecule has 7 atom stereocenters. The summed E-state index contributed by atoms with van der Waals surface area (Å²) in [7, 11) is -5.08. The van der Waals surface area contributed by atoms with Crippen LogP contribution in [0.25, 0.3) is 0 Å². The summed E-state index contributed by atoms with van der Waals surface area (Å²) < 4.78 is 47.6. The number of nitrogens with one attached hydrogen (secondary N) is 1. The highest BCUT2D eigenvalue weighted by molar-refractivity contribution is 7.80. The Hall–Kier alpha value is -1.16. The van der Waals surface area contributed by atoms with E-state index in [2.05, 4.69) is 23.3 Å². The molecule has 1 rings (SSSR count). The van der Waals surface area contributed by atoms with Crippen molar-refractivity contribution in [3.05, 3.63) is 12.2 Å². The third-order valence-corrected chi connectivity index (χ3v) is 12.3. The first-order chi connectivity index (χ1) is 29.0. The van der Waals surface area contributed by atoms with Crippen LogP contribution in [-0.2, 0) is 28.9 Å². The van der Waals surface area contributed by atoms with Crippen LogP contribution in [0.3, 0.4) is 0 Å². The van der Waals surface area contributed by atoms with Gasteiger partial charge in [-0.3, -0.25) is 9.35 Å². The molecule has 1 heterocycles. The number of carbonyl (C=O) groups is 1. The van der Waals surface area contributed by atoms with Gasteiger partial charge in [-0.15, -0.1) is 0 Å². The quantitative estimate of drug-likeness (QED) is 0.0194. The Bertz CT molecular complexity index is 1130. The number of hydrogen-bond donors (Lipinski definition) is 6. The van der Waals surface area contributed by atoms with Gasteiger partial charge >= 0.3 is 10.4 Å². The van der Waals surface area contributed by atoms with E-state index in [4.69, 9.17) is 9.47 Å². The summed E-state index contributed by atoms with van der Waals surface area (Å²) in [5, 5.41) is 44.7. The number of amides is 1. The van der Waals surface area contributed by atoms with E-state index < -0.39 is 59.9 Å². The predicted octanol–water partition coefficient (Wildman–Crippen LogP) is 9.95. The van der Waals surface area contributed by atoms with Gasteiger partial charge in [-0.1, -0.05) is 212 Å². The third-order valence-electron chi connectivity index (χ3n) is 11.8. The maximum atomic E-state index is 13.0. The maximum absolute atomic E-state index is 13.0. The van der Waals surface area contributed by atoms with Crippen molar-refractivity contribution in [1.29, 1.82) is 0 Å². The summed E-state index contributed by atoms with van der Waals surface area (Å²) in [4.78, 5) is 13.0. The second-order valence-corrected chi connectivity index (χ2v) is 18.5. The first-order valence-electron chi connectivity index (χ1n) is 24.6. The fraction of sp³-hybridized carbons (Fsp3) is 0.936. The van der Waals surface area contributed by atoms with Gasteiger partial charge in [-0.2, -0.15) is 8.42 Å². The average molecular weight is 878 g/mol. The van der Waals surface area contributed by atoms with Gasteiger partial charge in [0.1, 0.15) is 24.4 Å². The highest BCUT2D eigenvalue weighted by Crippen LogP contribution is 2.26. The molecule has 7 unspecified atom stereocenters. The Morgan fingerprint density at radius 1 is 0.650 bits per heavy atom. The molecule has 0 aromatic heterocycles. The molecule has 1 amide bonds. The average Bonchev–Trinajstić information content (AvgIpc) is 3.22. The van der Waals surface area contributed by atoms with Crippen LogP contribution in [0, 0.1) is 0 Å². The van der Waals surface area contributed by atoms with Gasteiger partial charge in [0.2, 0.25) is 5.91 Å². The number of ether oxygens (including phenoxy) is 2. The minimum absolute atomic E-state index is 0.260. The van der Waals surface area contributed by atoms with Crippen LogP contribution in [0.15, 0.2) is 12.2 Å². The van der Waals surface area contributed by atoms with E-state index in [1.165, 1.54) is 161 Å². The van der Waals surface area contributed by atoms with Crippen LogP contribution < -0.4 is 5.32 Å². The van der Waals surface area contributed by atoms with Gasteiger partial charge < -0.3 is 35.2 Å². The van der Waals surface area contributed by atoms with Gasteiger partial charge in [0, 0.05) is 6.42 Å². The van der Waals surface area contributed by atoms with Crippen LogP contribution in [0.4, 0.5) is 0 Å². The van der Waals surface area contributed by atoms with Crippen LogP contribution in [0.5, 0.6) is 0 Å². The first kappa shape index (κ1) is 56.9. The molecule has 6 N–H and O–H groups in total. The second-order valence-electron chi connectivity index (χ2n) is 17.4. The van der Waals surface area contributed by atoms with Crippen molar-refractivity contribution in [2.24, 2.45) is 0 Å². The fourth-order valence-corrected chi connectivity index (χ4v) is 8.49. The number of hydrogen-bond acceptors (Lipinski definition) is 10. The summed E-state index contributed by atoms with van der Waals surface area (Å²) in [5.41, 5.74) is 0. The lowest BCUT2D eigenvalue weighted by Crippen LogP contribution is -2.61. The van der Waals surface area contributed by atoms with E-state index in [0.29, 0.717) is 6.42 Å². The SMILES string of the molecule is CCCCCCCCCCCCCCCCCCCC/C=C/C(O)C(COC1OC(CO)C(O)C(OS(=O)(=O)O)C1O)NC(=O)CCCCCCCCCCCCCCC. The predicted molar refractivity (Wildman–Crippen MR) is 241 cm³/mol.